The molecule has 0 amide bonds. The van der Waals surface area contributed by atoms with Crippen molar-refractivity contribution in [2.75, 3.05) is 47.5 Å². The number of rotatable bonds is 43. The van der Waals surface area contributed by atoms with Crippen molar-refractivity contribution in [1.82, 2.24) is 0 Å². The minimum atomic E-state index is -1.62. The molecule has 2 unspecified atom stereocenters. The molecule has 0 saturated carbocycles. The van der Waals surface area contributed by atoms with Crippen molar-refractivity contribution in [1.29, 1.82) is 0 Å². The number of carboxylic acids is 1. The number of carbonyl (C=O) groups excluding carboxylic acids is 3. The summed E-state index contributed by atoms with van der Waals surface area (Å²) in [6, 6.07) is 0. The third-order valence-corrected chi connectivity index (χ3v) is 10.2. The Balaban J connectivity index is 4.33. The second-order valence-electron chi connectivity index (χ2n) is 17.0. The molecule has 0 N–H and O–H groups in total. The molecule has 0 bridgehead atoms. The Hall–Kier alpha value is -2.23. The van der Waals surface area contributed by atoms with Gasteiger partial charge < -0.3 is 33.3 Å². The van der Waals surface area contributed by atoms with Gasteiger partial charge in [-0.2, -0.15) is 0 Å². The minimum absolute atomic E-state index is 0.147. The molecule has 9 heteroatoms. The van der Waals surface area contributed by atoms with E-state index in [2.05, 4.69) is 38.2 Å². The summed E-state index contributed by atoms with van der Waals surface area (Å²) in [6.07, 6.45) is 40.7. The van der Waals surface area contributed by atoms with Crippen molar-refractivity contribution in [3.8, 4) is 0 Å². The lowest BCUT2D eigenvalue weighted by molar-refractivity contribution is -0.870. The number of esters is 2. The number of quaternary nitrogens is 1. The summed E-state index contributed by atoms with van der Waals surface area (Å²) in [5, 5.41) is 11.7. The van der Waals surface area contributed by atoms with Gasteiger partial charge in [-0.25, -0.2) is 0 Å². The number of carbonyl (C=O) groups is 3. The van der Waals surface area contributed by atoms with Gasteiger partial charge in [-0.15, -0.1) is 0 Å². The molecule has 0 rings (SSSR count). The van der Waals surface area contributed by atoms with Crippen LogP contribution >= 0.6 is 0 Å². The van der Waals surface area contributed by atoms with Crippen LogP contribution in [0.15, 0.2) is 24.3 Å². The Morgan fingerprint density at radius 1 is 0.509 bits per heavy atom. The van der Waals surface area contributed by atoms with E-state index in [1.165, 1.54) is 109 Å². The SMILES string of the molecule is CCCC/C=C\CCCCCCCC(=O)OCC(COC(OCC[N+](C)(C)C)C(=O)[O-])OC(=O)CCCCCCCCCCC/C=C\CCCCCCCCCC. The number of likely N-dealkylation sites (N-methyl/N-ethyl adjacent to an activating group) is 1. The Bertz CT molecular complexity index is 991. The smallest absolute Gasteiger partial charge is 0.306 e. The van der Waals surface area contributed by atoms with Crippen LogP contribution in [0.4, 0.5) is 0 Å². The highest BCUT2D eigenvalue weighted by Crippen LogP contribution is 2.14. The molecule has 2 atom stereocenters. The third kappa shape index (κ3) is 41.7. The van der Waals surface area contributed by atoms with Gasteiger partial charge in [-0.1, -0.05) is 160 Å². The van der Waals surface area contributed by atoms with E-state index in [9.17, 15) is 19.5 Å². The van der Waals surface area contributed by atoms with Crippen LogP contribution in [-0.4, -0.2) is 82.3 Å². The van der Waals surface area contributed by atoms with Gasteiger partial charge in [-0.3, -0.25) is 9.59 Å². The fraction of sp³-hybridized carbons (Fsp3) is 0.854. The van der Waals surface area contributed by atoms with Gasteiger partial charge >= 0.3 is 11.9 Å². The van der Waals surface area contributed by atoms with E-state index in [0.29, 0.717) is 17.4 Å². The van der Waals surface area contributed by atoms with Crippen molar-refractivity contribution >= 4 is 17.9 Å². The first-order valence-corrected chi connectivity index (χ1v) is 23.5. The largest absolute Gasteiger partial charge is 0.545 e. The van der Waals surface area contributed by atoms with Gasteiger partial charge in [0.05, 0.1) is 40.3 Å². The highest BCUT2D eigenvalue weighted by Gasteiger charge is 2.21. The highest BCUT2D eigenvalue weighted by molar-refractivity contribution is 5.70. The molecule has 0 aromatic carbocycles. The van der Waals surface area contributed by atoms with Gasteiger partial charge in [0, 0.05) is 12.8 Å². The van der Waals surface area contributed by atoms with Gasteiger partial charge in [0.2, 0.25) is 0 Å². The van der Waals surface area contributed by atoms with Gasteiger partial charge in [-0.05, 0) is 57.8 Å². The lowest BCUT2D eigenvalue weighted by atomic mass is 10.1. The number of unbranched alkanes of at least 4 members (excludes halogenated alkanes) is 24. The fourth-order valence-corrected chi connectivity index (χ4v) is 6.45. The lowest BCUT2D eigenvalue weighted by Crippen LogP contribution is -2.44. The zero-order valence-corrected chi connectivity index (χ0v) is 37.7. The molecule has 0 spiro atoms. The highest BCUT2D eigenvalue weighted by atomic mass is 16.7. The summed E-state index contributed by atoms with van der Waals surface area (Å²) in [6.45, 7) is 4.70. The normalized spacial score (nSPS) is 13.1. The number of aliphatic carboxylic acids is 1. The molecule has 9 nitrogen and oxygen atoms in total. The number of ether oxygens (including phenoxy) is 4. The van der Waals surface area contributed by atoms with E-state index in [-0.39, 0.29) is 38.6 Å². The minimum Gasteiger partial charge on any atom is -0.545 e. The molecule has 0 aliphatic rings. The van der Waals surface area contributed by atoms with Crippen LogP contribution in [0.5, 0.6) is 0 Å². The monoisotopic (exact) mass is 808 g/mol. The van der Waals surface area contributed by atoms with Gasteiger partial charge in [0.25, 0.3) is 0 Å². The first kappa shape index (κ1) is 54.8. The van der Waals surface area contributed by atoms with E-state index in [0.717, 1.165) is 64.2 Å². The molecule has 57 heavy (non-hydrogen) atoms. The maximum atomic E-state index is 12.8. The molecule has 0 aliphatic carbocycles. The molecule has 0 aromatic heterocycles. The van der Waals surface area contributed by atoms with Crippen LogP contribution in [0.1, 0.15) is 206 Å². The van der Waals surface area contributed by atoms with Crippen molar-refractivity contribution in [2.24, 2.45) is 0 Å². The van der Waals surface area contributed by atoms with E-state index in [4.69, 9.17) is 18.9 Å². The zero-order chi connectivity index (χ0) is 42.1. The predicted octanol–water partition coefficient (Wildman–Crippen LogP) is 11.1. The van der Waals surface area contributed by atoms with Gasteiger partial charge in [0.15, 0.2) is 12.4 Å². The van der Waals surface area contributed by atoms with Crippen LogP contribution in [0.3, 0.4) is 0 Å². The molecule has 334 valence electrons. The molecule has 0 saturated heterocycles. The van der Waals surface area contributed by atoms with Crippen LogP contribution in [-0.2, 0) is 33.3 Å². The van der Waals surface area contributed by atoms with Crippen LogP contribution in [0.25, 0.3) is 0 Å². The standard InChI is InChI=1S/C48H89NO8/c1-6-8-10-12-14-16-18-19-20-21-22-23-24-25-26-27-29-31-33-35-37-39-46(51)57-44(43-56-48(47(52)53)54-41-40-49(3,4)5)42-55-45(50)38-36-34-32-30-28-17-15-13-11-9-7-2/h13,15,21-22,44,48H,6-12,14,16-20,23-43H2,1-5H3/b15-13-,22-21-. The van der Waals surface area contributed by atoms with Crippen molar-refractivity contribution in [3.63, 3.8) is 0 Å². The quantitative estimate of drug-likeness (QED) is 0.0197. The summed E-state index contributed by atoms with van der Waals surface area (Å²) in [4.78, 5) is 36.9. The first-order chi connectivity index (χ1) is 27.6. The molecule has 0 fully saturated rings. The summed E-state index contributed by atoms with van der Waals surface area (Å²) in [5.74, 6) is -2.29. The van der Waals surface area contributed by atoms with E-state index in [1.54, 1.807) is 0 Å². The number of carboxylic acid groups (broad SMARTS) is 1. The molecular weight excluding hydrogens is 719 g/mol. The Kier molecular flexibility index (Phi) is 39.0. The second kappa shape index (κ2) is 40.5. The average Bonchev–Trinajstić information content (AvgIpc) is 3.17. The van der Waals surface area contributed by atoms with E-state index >= 15 is 0 Å². The Morgan fingerprint density at radius 2 is 0.912 bits per heavy atom. The Morgan fingerprint density at radius 3 is 1.35 bits per heavy atom. The van der Waals surface area contributed by atoms with Crippen molar-refractivity contribution < 1.29 is 42.9 Å². The molecule has 0 aromatic rings. The molecule has 0 heterocycles. The maximum absolute atomic E-state index is 12.8. The summed E-state index contributed by atoms with van der Waals surface area (Å²) in [5.41, 5.74) is 0. The van der Waals surface area contributed by atoms with Crippen LogP contribution < -0.4 is 5.11 Å². The third-order valence-electron chi connectivity index (χ3n) is 10.2. The topological polar surface area (TPSA) is 111 Å². The maximum Gasteiger partial charge on any atom is 0.306 e. The predicted molar refractivity (Wildman–Crippen MR) is 233 cm³/mol. The Labute approximate surface area is 350 Å². The van der Waals surface area contributed by atoms with Crippen LogP contribution in [0, 0.1) is 0 Å². The van der Waals surface area contributed by atoms with Gasteiger partial charge in [0.1, 0.15) is 13.2 Å². The van der Waals surface area contributed by atoms with Crippen molar-refractivity contribution in [3.05, 3.63) is 24.3 Å². The number of allylic oxidation sites excluding steroid dienone is 4. The summed E-state index contributed by atoms with van der Waals surface area (Å²) >= 11 is 0. The van der Waals surface area contributed by atoms with Crippen LogP contribution in [0.2, 0.25) is 0 Å². The molecular formula is C48H89NO8. The number of hydrogen-bond acceptors (Lipinski definition) is 8. The van der Waals surface area contributed by atoms with E-state index in [1.807, 2.05) is 21.1 Å². The second-order valence-corrected chi connectivity index (χ2v) is 17.0. The fourth-order valence-electron chi connectivity index (χ4n) is 6.45. The molecule has 0 aliphatic heterocycles. The number of nitrogens with zero attached hydrogens (tertiary/aromatic N) is 1. The zero-order valence-electron chi connectivity index (χ0n) is 37.7. The summed E-state index contributed by atoms with van der Waals surface area (Å²) < 4.78 is 22.5. The van der Waals surface area contributed by atoms with E-state index < -0.39 is 24.3 Å². The lowest BCUT2D eigenvalue weighted by Gasteiger charge is -2.26. The first-order valence-electron chi connectivity index (χ1n) is 23.5. The number of hydrogen-bond donors (Lipinski definition) is 0. The average molecular weight is 808 g/mol. The molecule has 0 radical (unpaired) electrons. The summed E-state index contributed by atoms with van der Waals surface area (Å²) in [7, 11) is 5.91. The van der Waals surface area contributed by atoms with Crippen molar-refractivity contribution in [2.45, 2.75) is 219 Å².